The molecule has 0 amide bonds. The normalized spacial score (nSPS) is 24.1. The van der Waals surface area contributed by atoms with Crippen LogP contribution in [0.3, 0.4) is 0 Å². The quantitative estimate of drug-likeness (QED) is 0.640. The molecule has 3 atom stereocenters. The number of thiol groups is 1. The van der Waals surface area contributed by atoms with Crippen molar-refractivity contribution in [2.45, 2.75) is 32.1 Å². The molecule has 1 saturated heterocycles. The molecule has 2 heterocycles. The molecule has 1 N–H and O–H groups in total. The summed E-state index contributed by atoms with van der Waals surface area (Å²) < 4.78 is 12.3. The molecule has 100 valence electrons. The van der Waals surface area contributed by atoms with Crippen molar-refractivity contribution >= 4 is 20.3 Å². The molecule has 1 aliphatic rings. The minimum Gasteiger partial charge on any atom is -0.352 e. The number of nitrogens with one attached hydrogen (secondary N) is 1. The van der Waals surface area contributed by atoms with E-state index < -0.39 is 5.69 Å². The van der Waals surface area contributed by atoms with Crippen molar-refractivity contribution in [3.05, 3.63) is 32.6 Å². The lowest BCUT2D eigenvalue weighted by molar-refractivity contribution is -0.0175. The number of nitrogens with zero attached hydrogens (tertiary/aromatic N) is 1. The van der Waals surface area contributed by atoms with Crippen molar-refractivity contribution in [2.75, 3.05) is 6.61 Å². The summed E-state index contributed by atoms with van der Waals surface area (Å²) in [5.74, 6) is 0. The fourth-order valence-electron chi connectivity index (χ4n) is 1.94. The summed E-state index contributed by atoms with van der Waals surface area (Å²) in [7, 11) is 0.135. The summed E-state index contributed by atoms with van der Waals surface area (Å²) >= 11 is 3.98. The van der Waals surface area contributed by atoms with Gasteiger partial charge in [0.1, 0.15) is 6.23 Å². The van der Waals surface area contributed by atoms with Gasteiger partial charge in [0, 0.05) is 11.8 Å². The first-order chi connectivity index (χ1) is 8.61. The Morgan fingerprint density at radius 1 is 1.61 bits per heavy atom. The van der Waals surface area contributed by atoms with Gasteiger partial charge < -0.3 is 9.26 Å². The summed E-state index contributed by atoms with van der Waals surface area (Å²) in [5.41, 5.74) is -0.298. The van der Waals surface area contributed by atoms with Crippen molar-refractivity contribution < 1.29 is 9.26 Å². The van der Waals surface area contributed by atoms with Crippen molar-refractivity contribution in [3.8, 4) is 0 Å². The second-order valence-corrected chi connectivity index (χ2v) is 5.19. The third-order valence-corrected chi connectivity index (χ3v) is 3.56. The number of aromatic amines is 1. The average Bonchev–Trinajstić information content (AvgIpc) is 2.79. The molecule has 6 nitrogen and oxygen atoms in total. The Balaban J connectivity index is 2.12. The Morgan fingerprint density at radius 2 is 2.39 bits per heavy atom. The van der Waals surface area contributed by atoms with Crippen molar-refractivity contribution in [2.24, 2.45) is 0 Å². The average molecular weight is 290 g/mol. The number of hydrogen-bond donors (Lipinski definition) is 2. The van der Waals surface area contributed by atoms with Crippen LogP contribution in [0.2, 0.25) is 0 Å². The predicted octanol–water partition coefficient (Wildman–Crippen LogP) is 0.978. The Labute approximate surface area is 111 Å². The largest absolute Gasteiger partial charge is 0.352 e. The first kappa shape index (κ1) is 13.8. The van der Waals surface area contributed by atoms with E-state index in [2.05, 4.69) is 17.2 Å². The Kier molecular flexibility index (Phi) is 4.61. The molecule has 1 fully saturated rings. The first-order valence-corrected chi connectivity index (χ1v) is 7.80. The standard InChI is InChI=1S/C10H15N2O4PS/c1-6-4-12(10(14)11-9(6)13)8-3-2-7(16-8)5-15-17-18/h4,7-8,17-18H,2-3,5H2,1H3,(H,11,13,14)/t7-,8+/m0/s1. The second-order valence-electron chi connectivity index (χ2n) is 4.17. The zero-order chi connectivity index (χ0) is 13.1. The first-order valence-electron chi connectivity index (χ1n) is 5.60. The number of rotatable bonds is 4. The Bertz CT molecular complexity index is 529. The van der Waals surface area contributed by atoms with Crippen LogP contribution in [-0.4, -0.2) is 22.3 Å². The molecule has 1 aromatic rings. The lowest BCUT2D eigenvalue weighted by atomic mass is 10.2. The molecule has 8 heteroatoms. The van der Waals surface area contributed by atoms with Crippen LogP contribution >= 0.6 is 20.3 Å². The van der Waals surface area contributed by atoms with Gasteiger partial charge in [0.05, 0.1) is 20.7 Å². The molecular weight excluding hydrogens is 275 g/mol. The van der Waals surface area contributed by atoms with Crippen LogP contribution in [0.15, 0.2) is 15.8 Å². The monoisotopic (exact) mass is 290 g/mol. The van der Waals surface area contributed by atoms with Gasteiger partial charge in [-0.25, -0.2) is 4.79 Å². The maximum absolute atomic E-state index is 11.7. The molecule has 0 aliphatic carbocycles. The smallest absolute Gasteiger partial charge is 0.330 e. The fraction of sp³-hybridized carbons (Fsp3) is 0.600. The number of aryl methyl sites for hydroxylation is 1. The second kappa shape index (κ2) is 6.02. The lowest BCUT2D eigenvalue weighted by Crippen LogP contribution is -2.33. The van der Waals surface area contributed by atoms with E-state index in [1.807, 2.05) is 0 Å². The summed E-state index contributed by atoms with van der Waals surface area (Å²) in [4.78, 5) is 25.2. The molecule has 0 saturated carbocycles. The molecule has 2 rings (SSSR count). The number of H-pyrrole nitrogens is 1. The minimum absolute atomic E-state index is 0.0196. The van der Waals surface area contributed by atoms with Crippen molar-refractivity contribution in [3.63, 3.8) is 0 Å². The third kappa shape index (κ3) is 3.03. The summed E-state index contributed by atoms with van der Waals surface area (Å²) in [6.45, 7) is 2.14. The number of aromatic nitrogens is 2. The van der Waals surface area contributed by atoms with Gasteiger partial charge >= 0.3 is 5.69 Å². The highest BCUT2D eigenvalue weighted by atomic mass is 32.7. The van der Waals surface area contributed by atoms with Gasteiger partial charge in [0.2, 0.25) is 0 Å². The minimum atomic E-state index is -0.437. The van der Waals surface area contributed by atoms with Crippen molar-refractivity contribution in [1.29, 1.82) is 0 Å². The van der Waals surface area contributed by atoms with E-state index in [4.69, 9.17) is 9.26 Å². The molecule has 0 radical (unpaired) electrons. The fourth-order valence-corrected chi connectivity index (χ4v) is 2.43. The van der Waals surface area contributed by atoms with Crippen LogP contribution in [0.1, 0.15) is 24.6 Å². The maximum atomic E-state index is 11.7. The van der Waals surface area contributed by atoms with Crippen LogP contribution in [0.25, 0.3) is 0 Å². The van der Waals surface area contributed by atoms with Crippen LogP contribution in [0.5, 0.6) is 0 Å². The lowest BCUT2D eigenvalue weighted by Gasteiger charge is -2.15. The highest BCUT2D eigenvalue weighted by Gasteiger charge is 2.27. The number of ether oxygens (including phenoxy) is 1. The molecule has 1 aromatic heterocycles. The maximum Gasteiger partial charge on any atom is 0.330 e. The van der Waals surface area contributed by atoms with Gasteiger partial charge in [-0.05, 0) is 19.8 Å². The van der Waals surface area contributed by atoms with Crippen LogP contribution in [0, 0.1) is 6.92 Å². The van der Waals surface area contributed by atoms with Gasteiger partial charge in [0.25, 0.3) is 5.56 Å². The van der Waals surface area contributed by atoms with E-state index in [1.54, 1.807) is 6.92 Å². The molecule has 1 unspecified atom stereocenters. The van der Waals surface area contributed by atoms with Gasteiger partial charge in [-0.2, -0.15) is 0 Å². The molecular formula is C10H15N2O4PS. The summed E-state index contributed by atoms with van der Waals surface area (Å²) in [5, 5.41) is 0. The number of hydrogen-bond acceptors (Lipinski definition) is 5. The van der Waals surface area contributed by atoms with Crippen LogP contribution < -0.4 is 11.2 Å². The van der Waals surface area contributed by atoms with E-state index in [0.717, 1.165) is 12.8 Å². The zero-order valence-corrected chi connectivity index (χ0v) is 11.8. The van der Waals surface area contributed by atoms with E-state index in [-0.39, 0.29) is 25.9 Å². The van der Waals surface area contributed by atoms with Crippen LogP contribution in [0.4, 0.5) is 0 Å². The topological polar surface area (TPSA) is 73.3 Å². The highest BCUT2D eigenvalue weighted by Crippen LogP contribution is 2.29. The zero-order valence-electron chi connectivity index (χ0n) is 9.88. The van der Waals surface area contributed by atoms with Gasteiger partial charge in [-0.15, -0.1) is 12.2 Å². The van der Waals surface area contributed by atoms with Gasteiger partial charge in [0.15, 0.2) is 0 Å². The Morgan fingerprint density at radius 3 is 3.11 bits per heavy atom. The summed E-state index contributed by atoms with van der Waals surface area (Å²) in [6, 6.07) is 0. The summed E-state index contributed by atoms with van der Waals surface area (Å²) in [6.07, 6.45) is 2.75. The molecule has 18 heavy (non-hydrogen) atoms. The molecule has 0 spiro atoms. The molecule has 0 aromatic carbocycles. The van der Waals surface area contributed by atoms with Gasteiger partial charge in [-0.3, -0.25) is 14.3 Å². The SMILES string of the molecule is Cc1cn([C@H]2CC[C@@H](COPS)O2)c(=O)[nH]c1=O. The van der Waals surface area contributed by atoms with Crippen molar-refractivity contribution in [1.82, 2.24) is 9.55 Å². The predicted molar refractivity (Wildman–Crippen MR) is 72.5 cm³/mol. The highest BCUT2D eigenvalue weighted by molar-refractivity contribution is 8.36. The van der Waals surface area contributed by atoms with E-state index >= 15 is 0 Å². The third-order valence-electron chi connectivity index (χ3n) is 2.88. The van der Waals surface area contributed by atoms with Gasteiger partial charge in [-0.1, -0.05) is 0 Å². The molecule has 1 aliphatic heterocycles. The Hall–Kier alpha value is -0.620. The van der Waals surface area contributed by atoms with E-state index in [1.165, 1.54) is 10.8 Å². The van der Waals surface area contributed by atoms with E-state index in [9.17, 15) is 9.59 Å². The van der Waals surface area contributed by atoms with E-state index in [0.29, 0.717) is 12.2 Å². The van der Waals surface area contributed by atoms with Crippen LogP contribution in [-0.2, 0) is 9.26 Å². The molecule has 0 bridgehead atoms.